The fraction of sp³-hybridized carbons (Fsp3) is 0.462. The van der Waals surface area contributed by atoms with Crippen molar-refractivity contribution < 1.29 is 13.2 Å². The molecule has 7 nitrogen and oxygen atoms in total. The third-order valence-corrected chi connectivity index (χ3v) is 3.71. The van der Waals surface area contributed by atoms with E-state index in [4.69, 9.17) is 10.9 Å². The molecule has 1 aromatic carbocycles. The second kappa shape index (κ2) is 6.77. The Morgan fingerprint density at radius 3 is 2.38 bits per heavy atom. The van der Waals surface area contributed by atoms with E-state index in [2.05, 4.69) is 10.6 Å². The second-order valence-electron chi connectivity index (χ2n) is 5.30. The van der Waals surface area contributed by atoms with Gasteiger partial charge in [-0.05, 0) is 31.0 Å². The van der Waals surface area contributed by atoms with Crippen molar-refractivity contribution in [3.8, 4) is 0 Å². The number of hydrogen-bond acceptors (Lipinski definition) is 5. The Morgan fingerprint density at radius 2 is 1.90 bits per heavy atom. The Hall–Kier alpha value is -1.80. The van der Waals surface area contributed by atoms with E-state index in [1.807, 2.05) is 13.8 Å². The number of carbonyl (C=O) groups is 1. The molecule has 0 saturated heterocycles. The van der Waals surface area contributed by atoms with E-state index in [9.17, 15) is 13.2 Å². The number of sulfonamides is 1. The molecule has 0 aliphatic heterocycles. The number of carbonyl (C=O) groups excluding carboxylic acids is 1. The van der Waals surface area contributed by atoms with E-state index < -0.39 is 16.1 Å². The summed E-state index contributed by atoms with van der Waals surface area (Å²) in [4.78, 5) is 11.8. The quantitative estimate of drug-likeness (QED) is 0.568. The van der Waals surface area contributed by atoms with Gasteiger partial charge in [0.1, 0.15) is 6.04 Å². The highest BCUT2D eigenvalue weighted by Crippen LogP contribution is 2.22. The first-order chi connectivity index (χ1) is 9.61. The summed E-state index contributed by atoms with van der Waals surface area (Å²) in [7, 11) is -3.79. The Kier molecular flexibility index (Phi) is 5.56. The molecule has 0 aliphatic carbocycles. The van der Waals surface area contributed by atoms with Crippen LogP contribution < -0.4 is 21.5 Å². The third kappa shape index (κ3) is 5.24. The van der Waals surface area contributed by atoms with Crippen LogP contribution in [0.4, 0.5) is 11.4 Å². The van der Waals surface area contributed by atoms with Crippen molar-refractivity contribution in [3.05, 3.63) is 18.2 Å². The lowest BCUT2D eigenvalue weighted by atomic mass is 10.2. The third-order valence-electron chi connectivity index (χ3n) is 2.80. The van der Waals surface area contributed by atoms with E-state index >= 15 is 0 Å². The predicted octanol–water partition coefficient (Wildman–Crippen LogP) is 0.489. The van der Waals surface area contributed by atoms with Crippen LogP contribution in [0.25, 0.3) is 0 Å². The summed E-state index contributed by atoms with van der Waals surface area (Å²) in [5.41, 5.74) is 6.47. The largest absolute Gasteiger partial charge is 0.397 e. The first-order valence-electron chi connectivity index (χ1n) is 6.58. The molecular weight excluding hydrogens is 292 g/mol. The van der Waals surface area contributed by atoms with Crippen molar-refractivity contribution in [1.82, 2.24) is 5.32 Å². The molecule has 0 spiro atoms. The maximum absolute atomic E-state index is 11.9. The first kappa shape index (κ1) is 17.3. The Morgan fingerprint density at radius 1 is 1.29 bits per heavy atom. The zero-order valence-electron chi connectivity index (χ0n) is 12.4. The number of nitrogen functional groups attached to an aromatic ring is 1. The molecule has 0 saturated carbocycles. The van der Waals surface area contributed by atoms with Crippen LogP contribution in [0, 0.1) is 5.92 Å². The van der Waals surface area contributed by atoms with Gasteiger partial charge in [-0.2, -0.15) is 0 Å². The van der Waals surface area contributed by atoms with Crippen LogP contribution in [0.15, 0.2) is 23.1 Å². The molecule has 1 atom stereocenters. The van der Waals surface area contributed by atoms with Crippen molar-refractivity contribution in [2.24, 2.45) is 11.1 Å². The highest BCUT2D eigenvalue weighted by molar-refractivity contribution is 7.89. The summed E-state index contributed by atoms with van der Waals surface area (Å²) >= 11 is 0. The van der Waals surface area contributed by atoms with Gasteiger partial charge >= 0.3 is 0 Å². The standard InChI is InChI=1S/C13H22N4O3S/c1-8(2)7-16-13(18)9(3)17-12-5-4-10(6-11(12)14)21(15,19)20/h4-6,8-9,17H,7,14H2,1-3H3,(H,16,18)(H2,15,19,20). The van der Waals surface area contributed by atoms with E-state index in [0.29, 0.717) is 18.2 Å². The Balaban J connectivity index is 2.77. The number of rotatable bonds is 6. The average Bonchev–Trinajstić information content (AvgIpc) is 2.36. The van der Waals surface area contributed by atoms with Crippen LogP contribution >= 0.6 is 0 Å². The smallest absolute Gasteiger partial charge is 0.242 e. The molecule has 118 valence electrons. The lowest BCUT2D eigenvalue weighted by Crippen LogP contribution is -2.39. The van der Waals surface area contributed by atoms with Gasteiger partial charge in [-0.15, -0.1) is 0 Å². The minimum atomic E-state index is -3.79. The molecule has 0 aliphatic rings. The number of nitrogens with two attached hydrogens (primary N) is 2. The van der Waals surface area contributed by atoms with Gasteiger partial charge in [0, 0.05) is 6.54 Å². The second-order valence-corrected chi connectivity index (χ2v) is 6.86. The first-order valence-corrected chi connectivity index (χ1v) is 8.12. The summed E-state index contributed by atoms with van der Waals surface area (Å²) in [5, 5.41) is 10.8. The molecule has 1 unspecified atom stereocenters. The Labute approximate surface area is 125 Å². The van der Waals surface area contributed by atoms with Gasteiger partial charge in [0.25, 0.3) is 0 Å². The number of amides is 1. The van der Waals surface area contributed by atoms with Gasteiger partial charge in [0.2, 0.25) is 15.9 Å². The monoisotopic (exact) mass is 314 g/mol. The topological polar surface area (TPSA) is 127 Å². The van der Waals surface area contributed by atoms with E-state index in [1.165, 1.54) is 18.2 Å². The zero-order valence-corrected chi connectivity index (χ0v) is 13.2. The number of primary sulfonamides is 1. The van der Waals surface area contributed by atoms with Crippen LogP contribution in [-0.2, 0) is 14.8 Å². The molecular formula is C13H22N4O3S. The molecule has 0 fully saturated rings. The SMILES string of the molecule is CC(C)CNC(=O)C(C)Nc1ccc(S(N)(=O)=O)cc1N. The van der Waals surface area contributed by atoms with Crippen LogP contribution in [0.1, 0.15) is 20.8 Å². The van der Waals surface area contributed by atoms with Crippen molar-refractivity contribution in [2.45, 2.75) is 31.7 Å². The summed E-state index contributed by atoms with van der Waals surface area (Å²) in [5.74, 6) is 0.207. The number of anilines is 2. The number of hydrogen-bond donors (Lipinski definition) is 4. The van der Waals surface area contributed by atoms with Crippen molar-refractivity contribution in [3.63, 3.8) is 0 Å². The maximum atomic E-state index is 11.9. The Bertz CT molecular complexity index is 614. The molecule has 0 heterocycles. The van der Waals surface area contributed by atoms with Crippen molar-refractivity contribution in [1.29, 1.82) is 0 Å². The van der Waals surface area contributed by atoms with Crippen LogP contribution in [0.3, 0.4) is 0 Å². The molecule has 1 rings (SSSR count). The fourth-order valence-electron chi connectivity index (χ4n) is 1.61. The summed E-state index contributed by atoms with van der Waals surface area (Å²) in [6.07, 6.45) is 0. The van der Waals surface area contributed by atoms with Crippen molar-refractivity contribution >= 4 is 27.3 Å². The zero-order chi connectivity index (χ0) is 16.2. The molecule has 6 N–H and O–H groups in total. The van der Waals surface area contributed by atoms with Gasteiger partial charge in [-0.3, -0.25) is 4.79 Å². The molecule has 8 heteroatoms. The summed E-state index contributed by atoms with van der Waals surface area (Å²) in [6, 6.07) is 3.59. The van der Waals surface area contributed by atoms with Crippen molar-refractivity contribution in [2.75, 3.05) is 17.6 Å². The highest BCUT2D eigenvalue weighted by Gasteiger charge is 2.15. The normalized spacial score (nSPS) is 13.0. The number of nitrogens with one attached hydrogen (secondary N) is 2. The maximum Gasteiger partial charge on any atom is 0.242 e. The van der Waals surface area contributed by atoms with Gasteiger partial charge < -0.3 is 16.4 Å². The minimum absolute atomic E-state index is 0.0672. The van der Waals surface area contributed by atoms with E-state index in [-0.39, 0.29) is 16.5 Å². The van der Waals surface area contributed by atoms with E-state index in [0.717, 1.165) is 0 Å². The number of benzene rings is 1. The highest BCUT2D eigenvalue weighted by atomic mass is 32.2. The molecule has 21 heavy (non-hydrogen) atoms. The predicted molar refractivity (Wildman–Crippen MR) is 83.2 cm³/mol. The summed E-state index contributed by atoms with van der Waals surface area (Å²) in [6.45, 7) is 6.29. The lowest BCUT2D eigenvalue weighted by molar-refractivity contribution is -0.121. The molecule has 1 aromatic rings. The van der Waals surface area contributed by atoms with Gasteiger partial charge in [0.05, 0.1) is 16.3 Å². The molecule has 1 amide bonds. The van der Waals surface area contributed by atoms with Gasteiger partial charge in [-0.25, -0.2) is 13.6 Å². The van der Waals surface area contributed by atoms with Gasteiger partial charge in [-0.1, -0.05) is 13.8 Å². The van der Waals surface area contributed by atoms with Crippen LogP contribution in [0.5, 0.6) is 0 Å². The van der Waals surface area contributed by atoms with Gasteiger partial charge in [0.15, 0.2) is 0 Å². The van der Waals surface area contributed by atoms with Crippen LogP contribution in [0.2, 0.25) is 0 Å². The fourth-order valence-corrected chi connectivity index (χ4v) is 2.15. The lowest BCUT2D eigenvalue weighted by Gasteiger charge is -2.17. The van der Waals surface area contributed by atoms with E-state index in [1.54, 1.807) is 6.92 Å². The molecule has 0 aromatic heterocycles. The molecule has 0 radical (unpaired) electrons. The molecule has 0 bridgehead atoms. The van der Waals surface area contributed by atoms with Crippen LogP contribution in [-0.4, -0.2) is 26.9 Å². The summed E-state index contributed by atoms with van der Waals surface area (Å²) < 4.78 is 22.4. The average molecular weight is 314 g/mol. The minimum Gasteiger partial charge on any atom is -0.397 e.